The maximum absolute atomic E-state index is 5.50. The Hall–Kier alpha value is -6.84. The first-order valence-corrected chi connectivity index (χ1v) is 17.4. The van der Waals surface area contributed by atoms with Crippen molar-refractivity contribution in [3.8, 4) is 28.3 Å². The van der Waals surface area contributed by atoms with E-state index < -0.39 is 0 Å². The molecule has 0 aliphatic heterocycles. The van der Waals surface area contributed by atoms with Gasteiger partial charge >= 0.3 is 0 Å². The van der Waals surface area contributed by atoms with E-state index in [9.17, 15) is 0 Å². The van der Waals surface area contributed by atoms with E-state index in [1.165, 1.54) is 53.9 Å². The minimum absolute atomic E-state index is 0.660. The Labute approximate surface area is 293 Å². The second-order valence-corrected chi connectivity index (χ2v) is 13.4. The highest BCUT2D eigenvalue weighted by Crippen LogP contribution is 2.40. The van der Waals surface area contributed by atoms with Crippen molar-refractivity contribution in [3.05, 3.63) is 176 Å². The lowest BCUT2D eigenvalue weighted by Gasteiger charge is -2.15. The first-order chi connectivity index (χ1) is 25.3. The molecule has 11 rings (SSSR count). The van der Waals surface area contributed by atoms with Crippen LogP contribution in [0.1, 0.15) is 0 Å². The third-order valence-corrected chi connectivity index (χ3v) is 10.5. The second kappa shape index (κ2) is 10.8. The molecule has 0 atom stereocenters. The van der Waals surface area contributed by atoms with Gasteiger partial charge in [-0.05, 0) is 90.6 Å². The third kappa shape index (κ3) is 4.25. The van der Waals surface area contributed by atoms with Crippen LogP contribution in [0.2, 0.25) is 0 Å². The van der Waals surface area contributed by atoms with Crippen LogP contribution in [0, 0.1) is 0 Å². The summed E-state index contributed by atoms with van der Waals surface area (Å²) in [5, 5.41) is 13.3. The molecule has 0 fully saturated rings. The van der Waals surface area contributed by atoms with Gasteiger partial charge in [0.25, 0.3) is 0 Å². The first-order valence-electron chi connectivity index (χ1n) is 17.4. The number of benzene rings is 9. The molecule has 3 nitrogen and oxygen atoms in total. The van der Waals surface area contributed by atoms with E-state index in [-0.39, 0.29) is 0 Å². The van der Waals surface area contributed by atoms with Crippen LogP contribution < -0.4 is 0 Å². The lowest BCUT2D eigenvalue weighted by molar-refractivity contribution is 1.01. The van der Waals surface area contributed by atoms with Crippen molar-refractivity contribution in [2.24, 2.45) is 0 Å². The van der Waals surface area contributed by atoms with Gasteiger partial charge in [-0.2, -0.15) is 0 Å². The van der Waals surface area contributed by atoms with E-state index in [0.717, 1.165) is 44.3 Å². The summed E-state index contributed by atoms with van der Waals surface area (Å²) in [7, 11) is 0. The van der Waals surface area contributed by atoms with Crippen LogP contribution in [-0.4, -0.2) is 14.5 Å². The number of nitrogens with zero attached hydrogens (tertiary/aromatic N) is 3. The smallest absolute Gasteiger partial charge is 0.235 e. The minimum atomic E-state index is 0.660. The molecular weight excluding hydrogens is 619 g/mol. The van der Waals surface area contributed by atoms with Gasteiger partial charge in [0, 0.05) is 21.7 Å². The van der Waals surface area contributed by atoms with Gasteiger partial charge in [0.05, 0.1) is 22.2 Å². The van der Waals surface area contributed by atoms with E-state index in [1.54, 1.807) is 0 Å². The molecule has 0 bridgehead atoms. The van der Waals surface area contributed by atoms with Crippen molar-refractivity contribution in [3.63, 3.8) is 0 Å². The van der Waals surface area contributed by atoms with Gasteiger partial charge in [0.2, 0.25) is 5.95 Å². The summed E-state index contributed by atoms with van der Waals surface area (Å²) in [5.41, 5.74) is 7.36. The molecular formula is C48H29N3. The van der Waals surface area contributed by atoms with Gasteiger partial charge in [-0.1, -0.05) is 140 Å². The molecule has 0 saturated heterocycles. The van der Waals surface area contributed by atoms with Gasteiger partial charge in [0.1, 0.15) is 0 Å². The predicted octanol–water partition coefficient (Wildman–Crippen LogP) is 12.7. The Morgan fingerprint density at radius 3 is 1.63 bits per heavy atom. The molecule has 0 aliphatic carbocycles. The minimum Gasteiger partial charge on any atom is -0.278 e. The largest absolute Gasteiger partial charge is 0.278 e. The number of aromatic nitrogens is 3. The summed E-state index contributed by atoms with van der Waals surface area (Å²) >= 11 is 0. The van der Waals surface area contributed by atoms with Gasteiger partial charge in [-0.3, -0.25) is 4.57 Å². The standard InChI is InChI=1S/C48H29N3/c1-2-12-30(13-3-1)33-22-25-41-44(28-33)49-48(51-45-21-11-10-20-40(45)43-26-31-14-4-5-15-32(31)29-46(43)51)50-47(41)34-23-24-39-37-18-7-6-16-35(37)36-17-8-9-19-38(36)42(39)27-34/h1-29H. The molecule has 11 aromatic rings. The molecule has 9 aromatic carbocycles. The molecule has 0 saturated carbocycles. The monoisotopic (exact) mass is 647 g/mol. The molecule has 2 aromatic heterocycles. The Morgan fingerprint density at radius 1 is 0.314 bits per heavy atom. The Morgan fingerprint density at radius 2 is 0.882 bits per heavy atom. The van der Waals surface area contributed by atoms with Crippen LogP contribution in [0.15, 0.2) is 176 Å². The predicted molar refractivity (Wildman–Crippen MR) is 215 cm³/mol. The van der Waals surface area contributed by atoms with Crippen molar-refractivity contribution in [1.29, 1.82) is 0 Å². The van der Waals surface area contributed by atoms with Gasteiger partial charge in [0.15, 0.2) is 0 Å². The third-order valence-electron chi connectivity index (χ3n) is 10.5. The van der Waals surface area contributed by atoms with Crippen molar-refractivity contribution in [2.45, 2.75) is 0 Å². The zero-order valence-corrected chi connectivity index (χ0v) is 27.6. The topological polar surface area (TPSA) is 30.7 Å². The van der Waals surface area contributed by atoms with Crippen LogP contribution >= 0.6 is 0 Å². The molecule has 0 amide bonds. The van der Waals surface area contributed by atoms with E-state index in [2.05, 4.69) is 180 Å². The average Bonchev–Trinajstić information content (AvgIpc) is 3.52. The quantitative estimate of drug-likeness (QED) is 0.179. The van der Waals surface area contributed by atoms with E-state index >= 15 is 0 Å². The van der Waals surface area contributed by atoms with Crippen LogP contribution in [0.25, 0.3) is 104 Å². The molecule has 2 heterocycles. The van der Waals surface area contributed by atoms with Gasteiger partial charge in [-0.15, -0.1) is 0 Å². The first kappa shape index (κ1) is 28.0. The maximum atomic E-state index is 5.50. The maximum Gasteiger partial charge on any atom is 0.235 e. The zero-order chi connectivity index (χ0) is 33.5. The van der Waals surface area contributed by atoms with Crippen LogP contribution in [-0.2, 0) is 0 Å². The summed E-state index contributed by atoms with van der Waals surface area (Å²) in [5.74, 6) is 0.660. The van der Waals surface area contributed by atoms with Crippen LogP contribution in [0.4, 0.5) is 0 Å². The van der Waals surface area contributed by atoms with Crippen LogP contribution in [0.5, 0.6) is 0 Å². The number of fused-ring (bicyclic) bond motifs is 11. The van der Waals surface area contributed by atoms with Crippen LogP contribution in [0.3, 0.4) is 0 Å². The summed E-state index contributed by atoms with van der Waals surface area (Å²) in [6.45, 7) is 0. The number of hydrogen-bond acceptors (Lipinski definition) is 2. The summed E-state index contributed by atoms with van der Waals surface area (Å²) in [6, 6.07) is 63.2. The van der Waals surface area contributed by atoms with Crippen molar-refractivity contribution < 1.29 is 0 Å². The SMILES string of the molecule is c1ccc(-c2ccc3c(-c4ccc5c6ccccc6c6ccccc6c5c4)nc(-n4c5ccccc5c5cc6ccccc6cc54)nc3c2)cc1. The van der Waals surface area contributed by atoms with E-state index in [4.69, 9.17) is 9.97 Å². The molecule has 236 valence electrons. The van der Waals surface area contributed by atoms with E-state index in [0.29, 0.717) is 5.95 Å². The Kier molecular flexibility index (Phi) is 5.96. The lowest BCUT2D eigenvalue weighted by Crippen LogP contribution is -2.03. The highest BCUT2D eigenvalue weighted by molar-refractivity contribution is 6.26. The molecule has 51 heavy (non-hydrogen) atoms. The lowest BCUT2D eigenvalue weighted by atomic mass is 9.92. The molecule has 0 spiro atoms. The second-order valence-electron chi connectivity index (χ2n) is 13.4. The Bertz CT molecular complexity index is 3160. The number of hydrogen-bond donors (Lipinski definition) is 0. The van der Waals surface area contributed by atoms with Crippen molar-refractivity contribution in [1.82, 2.24) is 14.5 Å². The zero-order valence-electron chi connectivity index (χ0n) is 27.6. The number of rotatable bonds is 3. The molecule has 0 N–H and O–H groups in total. The summed E-state index contributed by atoms with van der Waals surface area (Å²) in [6.07, 6.45) is 0. The number of para-hydroxylation sites is 1. The fraction of sp³-hybridized carbons (Fsp3) is 0. The average molecular weight is 648 g/mol. The summed E-state index contributed by atoms with van der Waals surface area (Å²) in [4.78, 5) is 10.9. The fourth-order valence-corrected chi connectivity index (χ4v) is 8.17. The van der Waals surface area contributed by atoms with Gasteiger partial charge in [-0.25, -0.2) is 9.97 Å². The highest BCUT2D eigenvalue weighted by atomic mass is 15.2. The van der Waals surface area contributed by atoms with Crippen molar-refractivity contribution in [2.75, 3.05) is 0 Å². The fourth-order valence-electron chi connectivity index (χ4n) is 8.17. The molecule has 0 aliphatic rings. The summed E-state index contributed by atoms with van der Waals surface area (Å²) < 4.78 is 2.25. The Balaban J connectivity index is 1.24. The highest BCUT2D eigenvalue weighted by Gasteiger charge is 2.19. The normalized spacial score (nSPS) is 11.9. The van der Waals surface area contributed by atoms with Crippen molar-refractivity contribution >= 4 is 75.8 Å². The molecule has 0 unspecified atom stereocenters. The van der Waals surface area contributed by atoms with E-state index in [1.807, 2.05) is 0 Å². The molecule has 0 radical (unpaired) electrons. The van der Waals surface area contributed by atoms with Gasteiger partial charge < -0.3 is 0 Å². The molecule has 3 heteroatoms.